The zero-order chi connectivity index (χ0) is 22.7. The summed E-state index contributed by atoms with van der Waals surface area (Å²) in [5, 5.41) is 11.9. The molecule has 0 spiro atoms. The van der Waals surface area contributed by atoms with Crippen LogP contribution in [0.5, 0.6) is 0 Å². The lowest BCUT2D eigenvalue weighted by atomic mass is 9.31. The Bertz CT molecular complexity index is 786. The number of hydrogen-bond acceptors (Lipinski definition) is 2. The fraction of sp³-hybridized carbons (Fsp3) is 0.966. The van der Waals surface area contributed by atoms with E-state index in [0.29, 0.717) is 33.9 Å². The molecule has 0 unspecified atom stereocenters. The highest BCUT2D eigenvalue weighted by Crippen LogP contribution is 2.77. The molecule has 176 valence electrons. The van der Waals surface area contributed by atoms with Crippen LogP contribution in [-0.2, 0) is 4.79 Å². The van der Waals surface area contributed by atoms with Crippen molar-refractivity contribution in [1.29, 1.82) is 0 Å². The van der Waals surface area contributed by atoms with Crippen molar-refractivity contribution in [3.63, 3.8) is 0 Å². The molecule has 0 aromatic heterocycles. The first-order valence-electron chi connectivity index (χ1n) is 13.5. The summed E-state index contributed by atoms with van der Waals surface area (Å²) in [6.07, 6.45) is 12.5. The minimum Gasteiger partial charge on any atom is -0.390 e. The van der Waals surface area contributed by atoms with E-state index in [-0.39, 0.29) is 16.7 Å². The molecule has 0 amide bonds. The number of carbonyl (C=O) groups excluding carboxylic acids is 1. The van der Waals surface area contributed by atoms with Gasteiger partial charge in [-0.05, 0) is 109 Å². The molecule has 31 heavy (non-hydrogen) atoms. The van der Waals surface area contributed by atoms with Gasteiger partial charge in [0.25, 0.3) is 0 Å². The first-order valence-corrected chi connectivity index (χ1v) is 13.5. The highest BCUT2D eigenvalue weighted by molar-refractivity contribution is 5.82. The number of rotatable bonds is 0. The maximum absolute atomic E-state index is 12.7. The molecule has 0 heterocycles. The lowest BCUT2D eigenvalue weighted by Crippen LogP contribution is -2.69. The van der Waals surface area contributed by atoms with Gasteiger partial charge in [0.05, 0.1) is 5.60 Å². The van der Waals surface area contributed by atoms with E-state index in [4.69, 9.17) is 0 Å². The minimum absolute atomic E-state index is 0.187. The molecule has 0 aromatic rings. The van der Waals surface area contributed by atoms with Gasteiger partial charge in [0, 0.05) is 12.3 Å². The van der Waals surface area contributed by atoms with E-state index in [9.17, 15) is 9.90 Å². The van der Waals surface area contributed by atoms with E-state index in [1.54, 1.807) is 0 Å². The molecule has 0 saturated heterocycles. The maximum atomic E-state index is 12.7. The van der Waals surface area contributed by atoms with Crippen molar-refractivity contribution in [2.45, 2.75) is 125 Å². The third kappa shape index (κ3) is 2.69. The van der Waals surface area contributed by atoms with E-state index in [1.165, 1.54) is 44.9 Å². The first kappa shape index (κ1) is 22.4. The van der Waals surface area contributed by atoms with Crippen molar-refractivity contribution >= 4 is 5.78 Å². The molecule has 0 bridgehead atoms. The fourth-order valence-electron chi connectivity index (χ4n) is 10.8. The number of carbonyl (C=O) groups is 1. The monoisotopic (exact) mass is 428 g/mol. The van der Waals surface area contributed by atoms with Gasteiger partial charge in [-0.15, -0.1) is 0 Å². The summed E-state index contributed by atoms with van der Waals surface area (Å²) in [7, 11) is 0. The number of fused-ring (bicyclic) bond motifs is 7. The number of aliphatic hydroxyl groups is 1. The van der Waals surface area contributed by atoms with Crippen molar-refractivity contribution in [2.75, 3.05) is 0 Å². The summed E-state index contributed by atoms with van der Waals surface area (Å²) in [5.41, 5.74) is 0.973. The summed E-state index contributed by atoms with van der Waals surface area (Å²) in [4.78, 5) is 12.7. The molecule has 5 aliphatic carbocycles. The zero-order valence-electron chi connectivity index (χ0n) is 21.4. The molecule has 0 aromatic carbocycles. The van der Waals surface area contributed by atoms with E-state index < -0.39 is 5.60 Å². The van der Waals surface area contributed by atoms with Gasteiger partial charge in [-0.1, -0.05) is 48.5 Å². The lowest BCUT2D eigenvalue weighted by Gasteiger charge is -2.74. The molecular weight excluding hydrogens is 380 g/mol. The maximum Gasteiger partial charge on any atom is 0.136 e. The number of Topliss-reactive ketones (excluding diaryl/α,β-unsaturated/α-hetero) is 1. The van der Waals surface area contributed by atoms with Gasteiger partial charge in [0.1, 0.15) is 5.78 Å². The summed E-state index contributed by atoms with van der Waals surface area (Å²) in [6, 6.07) is 0. The van der Waals surface area contributed by atoms with Crippen molar-refractivity contribution in [1.82, 2.24) is 0 Å². The SMILES string of the molecule is C[C@H]1C(=O)CC[C@@H]2[C@]3(C)CC[C@@]4(C)[C@@H]5CC(C)(C)CC[C@]5(O)CC[C@]4(C)[C@@H]3CC[C@@]21C. The third-order valence-electron chi connectivity index (χ3n) is 13.3. The third-order valence-corrected chi connectivity index (χ3v) is 13.3. The van der Waals surface area contributed by atoms with Gasteiger partial charge in [-0.25, -0.2) is 0 Å². The minimum atomic E-state index is -0.438. The van der Waals surface area contributed by atoms with Gasteiger partial charge < -0.3 is 5.11 Å². The topological polar surface area (TPSA) is 37.3 Å². The second-order valence-electron chi connectivity index (χ2n) is 14.7. The molecule has 5 saturated carbocycles. The fourth-order valence-corrected chi connectivity index (χ4v) is 10.8. The van der Waals surface area contributed by atoms with E-state index in [2.05, 4.69) is 48.5 Å². The van der Waals surface area contributed by atoms with Gasteiger partial charge in [0.15, 0.2) is 0 Å². The van der Waals surface area contributed by atoms with Gasteiger partial charge in [-0.2, -0.15) is 0 Å². The Balaban J connectivity index is 1.55. The van der Waals surface area contributed by atoms with Crippen LogP contribution in [0.2, 0.25) is 0 Å². The highest BCUT2D eigenvalue weighted by Gasteiger charge is 2.71. The largest absolute Gasteiger partial charge is 0.390 e. The molecular formula is C29H48O2. The molecule has 2 nitrogen and oxygen atoms in total. The van der Waals surface area contributed by atoms with E-state index in [0.717, 1.165) is 31.6 Å². The van der Waals surface area contributed by atoms with Crippen LogP contribution in [0.15, 0.2) is 0 Å². The Morgan fingerprint density at radius 2 is 1.32 bits per heavy atom. The zero-order valence-corrected chi connectivity index (χ0v) is 21.4. The van der Waals surface area contributed by atoms with Crippen LogP contribution < -0.4 is 0 Å². The Hall–Kier alpha value is -0.370. The predicted octanol–water partition coefficient (Wildman–Crippen LogP) is 7.18. The first-order chi connectivity index (χ1) is 14.2. The van der Waals surface area contributed by atoms with Gasteiger partial charge in [0.2, 0.25) is 0 Å². The van der Waals surface area contributed by atoms with E-state index >= 15 is 0 Å². The van der Waals surface area contributed by atoms with Crippen LogP contribution in [-0.4, -0.2) is 16.5 Å². The van der Waals surface area contributed by atoms with Crippen LogP contribution in [0, 0.1) is 50.7 Å². The molecule has 1 N–H and O–H groups in total. The van der Waals surface area contributed by atoms with Gasteiger partial charge in [-0.3, -0.25) is 4.79 Å². The normalized spacial score (nSPS) is 58.5. The van der Waals surface area contributed by atoms with Gasteiger partial charge >= 0.3 is 0 Å². The van der Waals surface area contributed by atoms with Crippen molar-refractivity contribution in [3.8, 4) is 0 Å². The molecule has 2 heteroatoms. The molecule has 0 aliphatic heterocycles. The Morgan fingerprint density at radius 1 is 0.710 bits per heavy atom. The summed E-state index contributed by atoms with van der Waals surface area (Å²) >= 11 is 0. The number of ketones is 1. The number of hydrogen-bond donors (Lipinski definition) is 1. The molecule has 5 fully saturated rings. The lowest BCUT2D eigenvalue weighted by molar-refractivity contribution is -0.273. The average molecular weight is 429 g/mol. The van der Waals surface area contributed by atoms with E-state index in [1.807, 2.05) is 0 Å². The standard InChI is InChI=1S/C29H48O2/c1-19-20(30)8-9-21-25(19,4)11-10-22-26(21,5)13-14-28(7)23-18-24(2,3)12-16-29(23,31)17-15-27(22,28)6/h19,21-23,31H,8-18H2,1-7H3/t19-,21-,22+,23-,25+,26-,27+,28-,29-/m0/s1. The van der Waals surface area contributed by atoms with Crippen molar-refractivity contribution in [3.05, 3.63) is 0 Å². The van der Waals surface area contributed by atoms with Crippen molar-refractivity contribution in [2.24, 2.45) is 50.7 Å². The smallest absolute Gasteiger partial charge is 0.136 e. The highest BCUT2D eigenvalue weighted by atomic mass is 16.3. The molecule has 0 radical (unpaired) electrons. The summed E-state index contributed by atoms with van der Waals surface area (Å²) in [6.45, 7) is 17.4. The molecule has 5 aliphatic rings. The Labute approximate surface area is 191 Å². The van der Waals surface area contributed by atoms with Crippen LogP contribution in [0.3, 0.4) is 0 Å². The molecule has 5 rings (SSSR count). The summed E-state index contributed by atoms with van der Waals surface area (Å²) < 4.78 is 0. The van der Waals surface area contributed by atoms with Crippen LogP contribution in [0.25, 0.3) is 0 Å². The Kier molecular flexibility index (Phi) is 4.63. The average Bonchev–Trinajstić information content (AvgIpc) is 2.69. The second-order valence-corrected chi connectivity index (χ2v) is 14.7. The quantitative estimate of drug-likeness (QED) is 0.443. The molecule has 9 atom stereocenters. The van der Waals surface area contributed by atoms with Crippen LogP contribution in [0.4, 0.5) is 0 Å². The Morgan fingerprint density at radius 3 is 2.03 bits per heavy atom. The predicted molar refractivity (Wildman–Crippen MR) is 127 cm³/mol. The summed E-state index contributed by atoms with van der Waals surface area (Å²) in [5.74, 6) is 2.58. The van der Waals surface area contributed by atoms with Crippen molar-refractivity contribution < 1.29 is 9.90 Å². The second kappa shape index (κ2) is 6.39. The van der Waals surface area contributed by atoms with Crippen LogP contribution >= 0.6 is 0 Å². The van der Waals surface area contributed by atoms with Crippen LogP contribution in [0.1, 0.15) is 119 Å².